The Bertz CT molecular complexity index is 539. The summed E-state index contributed by atoms with van der Waals surface area (Å²) in [5.41, 5.74) is 2.45. The minimum absolute atomic E-state index is 0. The Morgan fingerprint density at radius 2 is 1.50 bits per heavy atom. The van der Waals surface area contributed by atoms with Crippen molar-refractivity contribution in [1.82, 2.24) is 4.90 Å². The zero-order chi connectivity index (χ0) is 14.3. The van der Waals surface area contributed by atoms with E-state index in [-0.39, 0.29) is 12.4 Å². The lowest BCUT2D eigenvalue weighted by atomic mass is 10.1. The normalized spacial score (nSPS) is 15.1. The lowest BCUT2D eigenvalue weighted by Gasteiger charge is -2.26. The molecule has 118 valence electrons. The molecule has 1 fully saturated rings. The first-order chi connectivity index (χ1) is 10.4. The van der Waals surface area contributed by atoms with Gasteiger partial charge in [0.15, 0.2) is 0 Å². The molecule has 0 unspecified atom stereocenters. The molecule has 4 heteroatoms. The summed E-state index contributed by atoms with van der Waals surface area (Å²) in [5, 5.41) is 0. The predicted octanol–water partition coefficient (Wildman–Crippen LogP) is 3.49. The van der Waals surface area contributed by atoms with Crippen LogP contribution in [0.25, 0.3) is 11.1 Å². The van der Waals surface area contributed by atoms with E-state index in [0.717, 1.165) is 45.2 Å². The summed E-state index contributed by atoms with van der Waals surface area (Å²) >= 11 is 0. The van der Waals surface area contributed by atoms with Crippen LogP contribution in [0, 0.1) is 0 Å². The van der Waals surface area contributed by atoms with Crippen LogP contribution in [0.3, 0.4) is 0 Å². The predicted molar refractivity (Wildman–Crippen MR) is 91.9 cm³/mol. The van der Waals surface area contributed by atoms with E-state index in [1.165, 1.54) is 11.1 Å². The molecule has 0 saturated carbocycles. The number of morpholine rings is 1. The minimum Gasteiger partial charge on any atom is -0.492 e. The zero-order valence-corrected chi connectivity index (χ0v) is 13.4. The first-order valence-corrected chi connectivity index (χ1v) is 7.50. The Morgan fingerprint density at radius 1 is 0.864 bits per heavy atom. The van der Waals surface area contributed by atoms with E-state index in [0.29, 0.717) is 0 Å². The Hall–Kier alpha value is -1.55. The van der Waals surface area contributed by atoms with Crippen LogP contribution >= 0.6 is 12.4 Å². The van der Waals surface area contributed by atoms with E-state index in [4.69, 9.17) is 9.47 Å². The minimum atomic E-state index is 0. The van der Waals surface area contributed by atoms with Gasteiger partial charge >= 0.3 is 0 Å². The molecule has 0 radical (unpaired) electrons. The zero-order valence-electron chi connectivity index (χ0n) is 12.6. The molecule has 0 atom stereocenters. The first kappa shape index (κ1) is 16.8. The van der Waals surface area contributed by atoms with Crippen molar-refractivity contribution in [3.63, 3.8) is 0 Å². The summed E-state index contributed by atoms with van der Waals surface area (Å²) < 4.78 is 11.2. The molecule has 0 amide bonds. The lowest BCUT2D eigenvalue weighted by Crippen LogP contribution is -2.38. The molecule has 22 heavy (non-hydrogen) atoms. The van der Waals surface area contributed by atoms with Gasteiger partial charge < -0.3 is 9.47 Å². The fourth-order valence-electron chi connectivity index (χ4n) is 2.49. The second-order valence-corrected chi connectivity index (χ2v) is 5.19. The molecule has 0 N–H and O–H groups in total. The summed E-state index contributed by atoms with van der Waals surface area (Å²) in [6.07, 6.45) is 0. The standard InChI is InChI=1S/C18H21NO2.ClH/c1-2-4-16(5-3-1)17-6-8-18(9-7-17)21-15-12-19-10-13-20-14-11-19;/h1-9H,10-15H2;1H. The van der Waals surface area contributed by atoms with Gasteiger partial charge in [-0.05, 0) is 23.3 Å². The number of hydrogen-bond donors (Lipinski definition) is 0. The van der Waals surface area contributed by atoms with Gasteiger partial charge in [-0.15, -0.1) is 12.4 Å². The Kier molecular flexibility index (Phi) is 6.72. The van der Waals surface area contributed by atoms with Crippen LogP contribution in [0.1, 0.15) is 0 Å². The van der Waals surface area contributed by atoms with E-state index in [2.05, 4.69) is 41.3 Å². The molecule has 3 rings (SSSR count). The molecule has 1 aliphatic rings. The second-order valence-electron chi connectivity index (χ2n) is 5.19. The molecule has 0 aromatic heterocycles. The molecule has 2 aromatic carbocycles. The van der Waals surface area contributed by atoms with Crippen molar-refractivity contribution in [2.45, 2.75) is 0 Å². The quantitative estimate of drug-likeness (QED) is 0.842. The van der Waals surface area contributed by atoms with E-state index < -0.39 is 0 Å². The van der Waals surface area contributed by atoms with Crippen molar-refractivity contribution in [2.24, 2.45) is 0 Å². The molecule has 1 saturated heterocycles. The van der Waals surface area contributed by atoms with Crippen molar-refractivity contribution in [3.8, 4) is 16.9 Å². The van der Waals surface area contributed by atoms with Crippen molar-refractivity contribution in [2.75, 3.05) is 39.5 Å². The number of nitrogens with zero attached hydrogens (tertiary/aromatic N) is 1. The maximum absolute atomic E-state index is 5.82. The topological polar surface area (TPSA) is 21.7 Å². The summed E-state index contributed by atoms with van der Waals surface area (Å²) in [6.45, 7) is 5.39. The maximum atomic E-state index is 5.82. The SMILES string of the molecule is Cl.c1ccc(-c2ccc(OCCN3CCOCC3)cc2)cc1. The average Bonchev–Trinajstić information content (AvgIpc) is 2.57. The van der Waals surface area contributed by atoms with Crippen molar-refractivity contribution < 1.29 is 9.47 Å². The number of hydrogen-bond acceptors (Lipinski definition) is 3. The number of benzene rings is 2. The Balaban J connectivity index is 0.00000176. The third-order valence-corrected chi connectivity index (χ3v) is 3.74. The molecular weight excluding hydrogens is 298 g/mol. The molecule has 0 aliphatic carbocycles. The van der Waals surface area contributed by atoms with E-state index in [9.17, 15) is 0 Å². The molecule has 1 heterocycles. The highest BCUT2D eigenvalue weighted by atomic mass is 35.5. The van der Waals surface area contributed by atoms with Crippen LogP contribution in [0.15, 0.2) is 54.6 Å². The van der Waals surface area contributed by atoms with Gasteiger partial charge in [0.1, 0.15) is 12.4 Å². The first-order valence-electron chi connectivity index (χ1n) is 7.50. The van der Waals surface area contributed by atoms with E-state index in [1.54, 1.807) is 0 Å². The average molecular weight is 320 g/mol. The van der Waals surface area contributed by atoms with Crippen LogP contribution in [-0.2, 0) is 4.74 Å². The molecule has 2 aromatic rings. The molecular formula is C18H22ClNO2. The van der Waals surface area contributed by atoms with Crippen LogP contribution in [0.2, 0.25) is 0 Å². The van der Waals surface area contributed by atoms with Gasteiger partial charge in [0.25, 0.3) is 0 Å². The van der Waals surface area contributed by atoms with E-state index >= 15 is 0 Å². The van der Waals surface area contributed by atoms with Gasteiger partial charge in [-0.2, -0.15) is 0 Å². The largest absolute Gasteiger partial charge is 0.492 e. The summed E-state index contributed by atoms with van der Waals surface area (Å²) in [6, 6.07) is 18.7. The van der Waals surface area contributed by atoms with Crippen LogP contribution in [0.5, 0.6) is 5.75 Å². The van der Waals surface area contributed by atoms with Crippen molar-refractivity contribution in [1.29, 1.82) is 0 Å². The third-order valence-electron chi connectivity index (χ3n) is 3.74. The molecule has 0 spiro atoms. The van der Waals surface area contributed by atoms with Crippen molar-refractivity contribution >= 4 is 12.4 Å². The van der Waals surface area contributed by atoms with Gasteiger partial charge in [-0.3, -0.25) is 4.90 Å². The molecule has 3 nitrogen and oxygen atoms in total. The van der Waals surface area contributed by atoms with Gasteiger partial charge in [-0.1, -0.05) is 42.5 Å². The van der Waals surface area contributed by atoms with Gasteiger partial charge in [0.05, 0.1) is 13.2 Å². The number of rotatable bonds is 5. The van der Waals surface area contributed by atoms with Crippen molar-refractivity contribution in [3.05, 3.63) is 54.6 Å². The summed E-state index contributed by atoms with van der Waals surface area (Å²) in [5.74, 6) is 0.933. The lowest BCUT2D eigenvalue weighted by molar-refractivity contribution is 0.0322. The third kappa shape index (κ3) is 4.73. The highest BCUT2D eigenvalue weighted by molar-refractivity contribution is 5.85. The molecule has 0 bridgehead atoms. The van der Waals surface area contributed by atoms with Crippen LogP contribution in [-0.4, -0.2) is 44.4 Å². The Morgan fingerprint density at radius 3 is 2.18 bits per heavy atom. The summed E-state index contributed by atoms with van der Waals surface area (Å²) in [4.78, 5) is 2.38. The fraction of sp³-hybridized carbons (Fsp3) is 0.333. The maximum Gasteiger partial charge on any atom is 0.119 e. The fourth-order valence-corrected chi connectivity index (χ4v) is 2.49. The van der Waals surface area contributed by atoms with Gasteiger partial charge in [0.2, 0.25) is 0 Å². The smallest absolute Gasteiger partial charge is 0.119 e. The highest BCUT2D eigenvalue weighted by Crippen LogP contribution is 2.21. The highest BCUT2D eigenvalue weighted by Gasteiger charge is 2.09. The van der Waals surface area contributed by atoms with E-state index in [1.807, 2.05) is 18.2 Å². The summed E-state index contributed by atoms with van der Waals surface area (Å²) in [7, 11) is 0. The van der Waals surface area contributed by atoms with Crippen LogP contribution in [0.4, 0.5) is 0 Å². The van der Waals surface area contributed by atoms with Gasteiger partial charge in [-0.25, -0.2) is 0 Å². The number of halogens is 1. The van der Waals surface area contributed by atoms with Gasteiger partial charge in [0, 0.05) is 19.6 Å². The molecule has 1 aliphatic heterocycles. The van der Waals surface area contributed by atoms with Crippen LogP contribution < -0.4 is 4.74 Å². The number of ether oxygens (including phenoxy) is 2. The second kappa shape index (κ2) is 8.79. The monoisotopic (exact) mass is 319 g/mol. The Labute approximate surface area is 138 Å².